The SMILES string of the molecule is Cc1ccc(N2CC(CBr)CC2=O)cc1O. The minimum atomic E-state index is 0.132. The predicted molar refractivity (Wildman–Crippen MR) is 67.1 cm³/mol. The molecule has 1 aromatic rings. The molecule has 1 amide bonds. The van der Waals surface area contributed by atoms with Gasteiger partial charge in [0.25, 0.3) is 0 Å². The molecular weight excluding hydrogens is 270 g/mol. The molecule has 0 spiro atoms. The summed E-state index contributed by atoms with van der Waals surface area (Å²) in [6.07, 6.45) is 0.583. The van der Waals surface area contributed by atoms with Gasteiger partial charge in [0.2, 0.25) is 5.91 Å². The summed E-state index contributed by atoms with van der Waals surface area (Å²) < 4.78 is 0. The molecule has 1 unspecified atom stereocenters. The zero-order valence-corrected chi connectivity index (χ0v) is 10.7. The molecule has 1 N–H and O–H groups in total. The molecule has 1 heterocycles. The van der Waals surface area contributed by atoms with Crippen LogP contribution in [-0.4, -0.2) is 22.9 Å². The molecule has 0 aromatic heterocycles. The summed E-state index contributed by atoms with van der Waals surface area (Å²) in [7, 11) is 0. The number of phenolic OH excluding ortho intramolecular Hbond substituents is 1. The van der Waals surface area contributed by atoms with Crippen molar-refractivity contribution in [3.63, 3.8) is 0 Å². The first-order valence-electron chi connectivity index (χ1n) is 5.27. The monoisotopic (exact) mass is 283 g/mol. The quantitative estimate of drug-likeness (QED) is 0.847. The molecule has 0 radical (unpaired) electrons. The lowest BCUT2D eigenvalue weighted by atomic mass is 10.1. The number of hydrogen-bond acceptors (Lipinski definition) is 2. The summed E-state index contributed by atoms with van der Waals surface area (Å²) in [5.74, 6) is 0.747. The second-order valence-electron chi connectivity index (χ2n) is 4.20. The average Bonchev–Trinajstić information content (AvgIpc) is 2.64. The van der Waals surface area contributed by atoms with Gasteiger partial charge in [0.15, 0.2) is 0 Å². The van der Waals surface area contributed by atoms with Gasteiger partial charge in [-0.15, -0.1) is 0 Å². The lowest BCUT2D eigenvalue weighted by molar-refractivity contribution is -0.117. The van der Waals surface area contributed by atoms with Gasteiger partial charge < -0.3 is 10.0 Å². The van der Waals surface area contributed by atoms with E-state index >= 15 is 0 Å². The number of aryl methyl sites for hydroxylation is 1. The molecule has 1 aliphatic rings. The van der Waals surface area contributed by atoms with E-state index in [4.69, 9.17) is 0 Å². The van der Waals surface area contributed by atoms with Gasteiger partial charge in [-0.25, -0.2) is 0 Å². The van der Waals surface area contributed by atoms with Crippen molar-refractivity contribution in [2.75, 3.05) is 16.8 Å². The zero-order chi connectivity index (χ0) is 11.7. The lowest BCUT2D eigenvalue weighted by Crippen LogP contribution is -2.24. The van der Waals surface area contributed by atoms with Crippen molar-refractivity contribution in [1.29, 1.82) is 0 Å². The Bertz CT molecular complexity index is 419. The van der Waals surface area contributed by atoms with Crippen molar-refractivity contribution in [1.82, 2.24) is 0 Å². The third kappa shape index (κ3) is 2.07. The molecule has 0 bridgehead atoms. The van der Waals surface area contributed by atoms with E-state index in [-0.39, 0.29) is 11.7 Å². The smallest absolute Gasteiger partial charge is 0.227 e. The highest BCUT2D eigenvalue weighted by atomic mass is 79.9. The Hall–Kier alpha value is -1.03. The number of carbonyl (C=O) groups is 1. The predicted octanol–water partition coefficient (Wildman–Crippen LogP) is 2.45. The highest BCUT2D eigenvalue weighted by Crippen LogP contribution is 2.29. The third-order valence-electron chi connectivity index (χ3n) is 2.93. The van der Waals surface area contributed by atoms with Crippen LogP contribution in [0.3, 0.4) is 0 Å². The van der Waals surface area contributed by atoms with Crippen LogP contribution in [-0.2, 0) is 4.79 Å². The van der Waals surface area contributed by atoms with Crippen LogP contribution in [0, 0.1) is 12.8 Å². The first-order chi connectivity index (χ1) is 7.61. The molecular formula is C12H14BrNO2. The van der Waals surface area contributed by atoms with Gasteiger partial charge in [-0.2, -0.15) is 0 Å². The van der Waals surface area contributed by atoms with Crippen LogP contribution in [0.5, 0.6) is 5.75 Å². The fraction of sp³-hybridized carbons (Fsp3) is 0.417. The van der Waals surface area contributed by atoms with Crippen molar-refractivity contribution in [3.8, 4) is 5.75 Å². The van der Waals surface area contributed by atoms with Gasteiger partial charge in [-0.1, -0.05) is 22.0 Å². The number of halogens is 1. The van der Waals surface area contributed by atoms with E-state index in [1.807, 2.05) is 19.1 Å². The van der Waals surface area contributed by atoms with Crippen molar-refractivity contribution in [3.05, 3.63) is 23.8 Å². The Kier molecular flexibility index (Phi) is 3.19. The number of alkyl halides is 1. The molecule has 86 valence electrons. The Morgan fingerprint density at radius 2 is 2.31 bits per heavy atom. The van der Waals surface area contributed by atoms with Gasteiger partial charge in [-0.05, 0) is 24.5 Å². The van der Waals surface area contributed by atoms with E-state index in [0.717, 1.165) is 23.1 Å². The highest BCUT2D eigenvalue weighted by molar-refractivity contribution is 9.09. The number of anilines is 1. The van der Waals surface area contributed by atoms with Crippen molar-refractivity contribution in [2.45, 2.75) is 13.3 Å². The van der Waals surface area contributed by atoms with E-state index in [9.17, 15) is 9.90 Å². The molecule has 1 aliphatic heterocycles. The van der Waals surface area contributed by atoms with Crippen molar-refractivity contribution < 1.29 is 9.90 Å². The van der Waals surface area contributed by atoms with Crippen LogP contribution >= 0.6 is 15.9 Å². The first kappa shape index (κ1) is 11.5. The molecule has 3 nitrogen and oxygen atoms in total. The maximum Gasteiger partial charge on any atom is 0.227 e. The molecule has 1 atom stereocenters. The number of aromatic hydroxyl groups is 1. The van der Waals surface area contributed by atoms with Crippen LogP contribution in [0.15, 0.2) is 18.2 Å². The molecule has 0 aliphatic carbocycles. The number of rotatable bonds is 2. The number of phenols is 1. The molecule has 2 rings (SSSR count). The standard InChI is InChI=1S/C12H14BrNO2/c1-8-2-3-10(5-11(8)15)14-7-9(6-13)4-12(14)16/h2-3,5,9,15H,4,6-7H2,1H3. The van der Waals surface area contributed by atoms with E-state index in [0.29, 0.717) is 12.3 Å². The number of nitrogens with zero attached hydrogens (tertiary/aromatic N) is 1. The van der Waals surface area contributed by atoms with Crippen LogP contribution in [0.1, 0.15) is 12.0 Å². The van der Waals surface area contributed by atoms with Crippen LogP contribution in [0.2, 0.25) is 0 Å². The summed E-state index contributed by atoms with van der Waals surface area (Å²) in [4.78, 5) is 13.5. The summed E-state index contributed by atoms with van der Waals surface area (Å²) >= 11 is 3.40. The van der Waals surface area contributed by atoms with Gasteiger partial charge in [0.1, 0.15) is 5.75 Å². The Labute approximate surface area is 103 Å². The summed E-state index contributed by atoms with van der Waals surface area (Å²) in [6.45, 7) is 2.57. The van der Waals surface area contributed by atoms with E-state index < -0.39 is 0 Å². The third-order valence-corrected chi connectivity index (χ3v) is 3.84. The minimum Gasteiger partial charge on any atom is -0.508 e. The first-order valence-corrected chi connectivity index (χ1v) is 6.40. The van der Waals surface area contributed by atoms with Crippen molar-refractivity contribution in [2.24, 2.45) is 5.92 Å². The van der Waals surface area contributed by atoms with Crippen molar-refractivity contribution >= 4 is 27.5 Å². The van der Waals surface area contributed by atoms with Gasteiger partial charge >= 0.3 is 0 Å². The Morgan fingerprint density at radius 3 is 2.88 bits per heavy atom. The number of carbonyl (C=O) groups excluding carboxylic acids is 1. The summed E-state index contributed by atoms with van der Waals surface area (Å²) in [5, 5.41) is 10.5. The largest absolute Gasteiger partial charge is 0.508 e. The second kappa shape index (κ2) is 4.45. The maximum atomic E-state index is 11.8. The molecule has 4 heteroatoms. The van der Waals surface area contributed by atoms with Crippen LogP contribution in [0.4, 0.5) is 5.69 Å². The Balaban J connectivity index is 2.24. The average molecular weight is 284 g/mol. The topological polar surface area (TPSA) is 40.5 Å². The molecule has 1 fully saturated rings. The van der Waals surface area contributed by atoms with Crippen LogP contribution in [0.25, 0.3) is 0 Å². The fourth-order valence-electron chi connectivity index (χ4n) is 1.90. The minimum absolute atomic E-state index is 0.132. The lowest BCUT2D eigenvalue weighted by Gasteiger charge is -2.17. The Morgan fingerprint density at radius 1 is 1.56 bits per heavy atom. The molecule has 16 heavy (non-hydrogen) atoms. The summed E-state index contributed by atoms with van der Waals surface area (Å²) in [6, 6.07) is 5.37. The zero-order valence-electron chi connectivity index (χ0n) is 9.11. The van der Waals surface area contributed by atoms with E-state index in [2.05, 4.69) is 15.9 Å². The number of benzene rings is 1. The van der Waals surface area contributed by atoms with E-state index in [1.54, 1.807) is 11.0 Å². The molecule has 1 aromatic carbocycles. The number of amides is 1. The van der Waals surface area contributed by atoms with Gasteiger partial charge in [0.05, 0.1) is 0 Å². The van der Waals surface area contributed by atoms with Gasteiger partial charge in [0, 0.05) is 30.0 Å². The second-order valence-corrected chi connectivity index (χ2v) is 4.85. The van der Waals surface area contributed by atoms with E-state index in [1.165, 1.54) is 0 Å². The summed E-state index contributed by atoms with van der Waals surface area (Å²) in [5.41, 5.74) is 1.61. The highest BCUT2D eigenvalue weighted by Gasteiger charge is 2.29. The van der Waals surface area contributed by atoms with Gasteiger partial charge in [-0.3, -0.25) is 4.79 Å². The fourth-order valence-corrected chi connectivity index (χ4v) is 2.33. The molecule has 0 saturated carbocycles. The maximum absolute atomic E-state index is 11.8. The van der Waals surface area contributed by atoms with Crippen LogP contribution < -0.4 is 4.90 Å². The molecule has 1 saturated heterocycles. The number of hydrogen-bond donors (Lipinski definition) is 1. The normalized spacial score (nSPS) is 20.5.